The molecule has 2 rings (SSSR count). The van der Waals surface area contributed by atoms with Crippen molar-refractivity contribution in [2.45, 2.75) is 73.5 Å². The number of nitrogen functional groups attached to an aromatic ring is 2. The lowest BCUT2D eigenvalue weighted by Gasteiger charge is -2.05. The van der Waals surface area contributed by atoms with Crippen LogP contribution in [0.2, 0.25) is 6.32 Å². The van der Waals surface area contributed by atoms with E-state index in [1.54, 1.807) is 13.0 Å². The molecule has 0 saturated carbocycles. The zero-order valence-electron chi connectivity index (χ0n) is 18.3. The quantitative estimate of drug-likeness (QED) is 0.270. The van der Waals surface area contributed by atoms with Crippen LogP contribution in [-0.2, 0) is 6.42 Å². The molecule has 0 atom stereocenters. The first-order valence-electron chi connectivity index (χ1n) is 10.1. The lowest BCUT2D eigenvalue weighted by Crippen LogP contribution is -2.08. The van der Waals surface area contributed by atoms with Gasteiger partial charge in [-0.3, -0.25) is 0 Å². The van der Waals surface area contributed by atoms with E-state index in [2.05, 4.69) is 22.9 Å². The van der Waals surface area contributed by atoms with Crippen LogP contribution in [-0.4, -0.2) is 17.2 Å². The van der Waals surface area contributed by atoms with Gasteiger partial charge in [-0.2, -0.15) is 0 Å². The number of rotatable bonds is 6. The van der Waals surface area contributed by atoms with Crippen LogP contribution in [0.1, 0.15) is 63.6 Å². The molecule has 0 saturated heterocycles. The fraction of sp³-hybridized carbons (Fsp3) is 0.478. The molecule has 0 aliphatic rings. The van der Waals surface area contributed by atoms with Gasteiger partial charge >= 0.3 is 7.12 Å². The molecular formula is C23H38BBrF2N2O2. The Labute approximate surface area is 195 Å². The Morgan fingerprint density at radius 2 is 1.35 bits per heavy atom. The number of hydrogen-bond donors (Lipinski definition) is 4. The summed E-state index contributed by atoms with van der Waals surface area (Å²) < 4.78 is 26.5. The lowest BCUT2D eigenvalue weighted by atomic mass is 9.84. The fourth-order valence-corrected chi connectivity index (χ4v) is 3.00. The zero-order valence-corrected chi connectivity index (χ0v) is 19.9. The first-order chi connectivity index (χ1) is 14.0. The molecule has 0 fully saturated rings. The Balaban J connectivity index is 0. The molecule has 0 unspecified atom stereocenters. The molecule has 0 heterocycles. The monoisotopic (exact) mass is 502 g/mol. The second-order valence-corrected chi connectivity index (χ2v) is 8.07. The number of nitrogens with two attached hydrogens (primary N) is 2. The van der Waals surface area contributed by atoms with Gasteiger partial charge in [-0.15, -0.1) is 0 Å². The highest BCUT2D eigenvalue weighted by Gasteiger charge is 2.04. The summed E-state index contributed by atoms with van der Waals surface area (Å²) in [5.41, 5.74) is 14.0. The van der Waals surface area contributed by atoms with Crippen LogP contribution < -0.4 is 11.5 Å². The van der Waals surface area contributed by atoms with Gasteiger partial charge in [0.2, 0.25) is 0 Å². The minimum absolute atomic E-state index is 0. The van der Waals surface area contributed by atoms with Crippen molar-refractivity contribution < 1.29 is 18.8 Å². The van der Waals surface area contributed by atoms with Crippen LogP contribution in [0.25, 0.3) is 0 Å². The summed E-state index contributed by atoms with van der Waals surface area (Å²) >= 11 is 3.15. The van der Waals surface area contributed by atoms with Crippen LogP contribution >= 0.6 is 15.9 Å². The van der Waals surface area contributed by atoms with Crippen molar-refractivity contribution in [3.05, 3.63) is 57.1 Å². The summed E-state index contributed by atoms with van der Waals surface area (Å²) in [6, 6.07) is 6.63. The maximum absolute atomic E-state index is 13.1. The molecule has 0 amide bonds. The highest BCUT2D eigenvalue weighted by Crippen LogP contribution is 2.21. The Bertz CT molecular complexity index is 731. The normalized spacial score (nSPS) is 9.58. The number of halogens is 3. The Hall–Kier alpha value is -1.64. The van der Waals surface area contributed by atoms with E-state index in [-0.39, 0.29) is 30.4 Å². The van der Waals surface area contributed by atoms with E-state index in [0.717, 1.165) is 53.3 Å². The molecule has 0 radical (unpaired) electrons. The minimum atomic E-state index is -1.10. The second kappa shape index (κ2) is 17.0. The van der Waals surface area contributed by atoms with Gasteiger partial charge in [-0.1, -0.05) is 62.5 Å². The lowest BCUT2D eigenvalue weighted by molar-refractivity contribution is 0.403. The van der Waals surface area contributed by atoms with E-state index in [0.29, 0.717) is 6.32 Å². The third-order valence-electron chi connectivity index (χ3n) is 4.33. The van der Waals surface area contributed by atoms with Crippen molar-refractivity contribution in [3.8, 4) is 0 Å². The predicted octanol–water partition coefficient (Wildman–Crippen LogP) is 6.43. The fourth-order valence-electron chi connectivity index (χ4n) is 2.45. The van der Waals surface area contributed by atoms with Crippen molar-refractivity contribution in [2.24, 2.45) is 0 Å². The number of anilines is 2. The Morgan fingerprint density at radius 1 is 0.871 bits per heavy atom. The smallest absolute Gasteiger partial charge is 0.427 e. The summed E-state index contributed by atoms with van der Waals surface area (Å²) in [4.78, 5) is 0. The van der Waals surface area contributed by atoms with Gasteiger partial charge in [-0.05, 0) is 67.9 Å². The first-order valence-corrected chi connectivity index (χ1v) is 10.9. The van der Waals surface area contributed by atoms with Crippen molar-refractivity contribution in [1.29, 1.82) is 0 Å². The summed E-state index contributed by atoms with van der Waals surface area (Å²) in [6.45, 7) is 7.75. The third kappa shape index (κ3) is 13.4. The van der Waals surface area contributed by atoms with E-state index in [1.807, 2.05) is 19.9 Å². The van der Waals surface area contributed by atoms with Crippen LogP contribution in [0.4, 0.5) is 20.2 Å². The molecule has 0 bridgehead atoms. The minimum Gasteiger partial charge on any atom is -0.427 e. The molecule has 176 valence electrons. The van der Waals surface area contributed by atoms with Gasteiger partial charge < -0.3 is 21.5 Å². The third-order valence-corrected chi connectivity index (χ3v) is 4.79. The van der Waals surface area contributed by atoms with E-state index in [9.17, 15) is 8.78 Å². The molecule has 2 aromatic rings. The van der Waals surface area contributed by atoms with Gasteiger partial charge in [0.15, 0.2) is 0 Å². The molecule has 8 heteroatoms. The zero-order chi connectivity index (χ0) is 23.3. The van der Waals surface area contributed by atoms with Gasteiger partial charge in [0.1, 0.15) is 11.6 Å². The summed E-state index contributed by atoms with van der Waals surface area (Å²) in [7, 11) is -1.10. The van der Waals surface area contributed by atoms with E-state index in [4.69, 9.17) is 21.5 Å². The first kappa shape index (κ1) is 31.6. The van der Waals surface area contributed by atoms with Gasteiger partial charge in [0.25, 0.3) is 0 Å². The average molecular weight is 503 g/mol. The molecule has 0 aromatic heterocycles. The molecule has 31 heavy (non-hydrogen) atoms. The van der Waals surface area contributed by atoms with Crippen LogP contribution in [0.5, 0.6) is 0 Å². The molecule has 0 aliphatic carbocycles. The van der Waals surface area contributed by atoms with Crippen LogP contribution in [0, 0.1) is 25.5 Å². The Kier molecular flexibility index (Phi) is 17.3. The van der Waals surface area contributed by atoms with Gasteiger partial charge in [0, 0.05) is 4.47 Å². The maximum Gasteiger partial charge on any atom is 0.451 e. The topological polar surface area (TPSA) is 92.5 Å². The van der Waals surface area contributed by atoms with E-state index in [1.165, 1.54) is 12.1 Å². The number of benzene rings is 2. The molecule has 0 aliphatic heterocycles. The number of hydrogen-bond acceptors (Lipinski definition) is 4. The van der Waals surface area contributed by atoms with Crippen molar-refractivity contribution in [1.82, 2.24) is 0 Å². The summed E-state index contributed by atoms with van der Waals surface area (Å²) in [5.74, 6) is -0.655. The van der Waals surface area contributed by atoms with Crippen LogP contribution in [0.3, 0.4) is 0 Å². The molecule has 0 spiro atoms. The van der Waals surface area contributed by atoms with Crippen LogP contribution in [0.15, 0.2) is 28.7 Å². The van der Waals surface area contributed by atoms with Gasteiger partial charge in [0.05, 0.1) is 11.4 Å². The molecule has 4 nitrogen and oxygen atoms in total. The maximum atomic E-state index is 13.1. The number of unbranched alkanes of at least 4 members (excludes halogenated alkanes) is 2. The van der Waals surface area contributed by atoms with Crippen molar-refractivity contribution in [3.63, 3.8) is 0 Å². The largest absolute Gasteiger partial charge is 0.451 e. The standard InChI is InChI=1S/C11H16FN.C7H7BrFN.C4H11BO2.CH4/c1-3-4-5-9-6-8(2)11(13)10(12)7-9;1-4-2-5(8)3-6(9)7(4)10;1-2-3-4-5(6)7;/h6-7H,3-5,13H2,1-2H3;2-3H,10H2,1H3;6-7H,2-4H2,1H3;1H4. The molecule has 2 aromatic carbocycles. The van der Waals surface area contributed by atoms with Gasteiger partial charge in [-0.25, -0.2) is 8.78 Å². The average Bonchev–Trinajstić information content (AvgIpc) is 2.67. The van der Waals surface area contributed by atoms with Crippen molar-refractivity contribution >= 4 is 34.4 Å². The molecule has 6 N–H and O–H groups in total. The van der Waals surface area contributed by atoms with E-state index >= 15 is 0 Å². The Morgan fingerprint density at radius 3 is 1.74 bits per heavy atom. The highest BCUT2D eigenvalue weighted by molar-refractivity contribution is 9.10. The summed E-state index contributed by atoms with van der Waals surface area (Å²) in [5, 5.41) is 16.5. The highest BCUT2D eigenvalue weighted by atomic mass is 79.9. The second-order valence-electron chi connectivity index (χ2n) is 7.15. The SMILES string of the molecule is C.CCCCB(O)O.CCCCc1cc(C)c(N)c(F)c1.Cc1cc(Br)cc(F)c1N. The summed E-state index contributed by atoms with van der Waals surface area (Å²) in [6.07, 6.45) is 5.61. The van der Waals surface area contributed by atoms with E-state index < -0.39 is 7.12 Å². The number of aryl methyl sites for hydroxylation is 3. The van der Waals surface area contributed by atoms with Crippen molar-refractivity contribution in [2.75, 3.05) is 11.5 Å². The molecular weight excluding hydrogens is 465 g/mol. The predicted molar refractivity (Wildman–Crippen MR) is 134 cm³/mol.